The van der Waals surface area contributed by atoms with E-state index in [4.69, 9.17) is 12.2 Å². The van der Waals surface area contributed by atoms with E-state index in [0.717, 1.165) is 6.42 Å². The fraction of sp³-hybridized carbons (Fsp3) is 0.273. The summed E-state index contributed by atoms with van der Waals surface area (Å²) in [5.74, 6) is -0.0490. The fourth-order valence-corrected chi connectivity index (χ4v) is 1.43. The lowest BCUT2D eigenvalue weighted by molar-refractivity contribution is -0.119. The summed E-state index contributed by atoms with van der Waals surface area (Å²) < 4.78 is 0. The summed E-state index contributed by atoms with van der Waals surface area (Å²) in [4.78, 5) is 10.8. The predicted molar refractivity (Wildman–Crippen MR) is 61.4 cm³/mol. The highest BCUT2D eigenvalue weighted by atomic mass is 32.1. The van der Waals surface area contributed by atoms with Crippen LogP contribution in [0.2, 0.25) is 0 Å². The lowest BCUT2D eigenvalue weighted by Gasteiger charge is -2.12. The van der Waals surface area contributed by atoms with Gasteiger partial charge in [0, 0.05) is 12.3 Å². The molecule has 0 radical (unpaired) electrons. The molecular weight excluding hydrogens is 194 g/mol. The highest BCUT2D eigenvalue weighted by Gasteiger charge is 2.06. The molecule has 0 heterocycles. The highest BCUT2D eigenvalue weighted by molar-refractivity contribution is 7.79. The molecule has 1 aromatic carbocycles. The Morgan fingerprint density at radius 3 is 2.64 bits per heavy atom. The van der Waals surface area contributed by atoms with Gasteiger partial charge in [-0.2, -0.15) is 0 Å². The van der Waals surface area contributed by atoms with Crippen molar-refractivity contribution >= 4 is 23.5 Å². The van der Waals surface area contributed by atoms with Crippen LogP contribution in [0.1, 0.15) is 12.5 Å². The minimum absolute atomic E-state index is 0.0490. The van der Waals surface area contributed by atoms with Crippen LogP contribution in [0.15, 0.2) is 30.3 Å². The van der Waals surface area contributed by atoms with Crippen LogP contribution in [-0.4, -0.2) is 17.3 Å². The van der Waals surface area contributed by atoms with Gasteiger partial charge in [0.2, 0.25) is 5.91 Å². The number of hydrogen-bond acceptors (Lipinski definition) is 2. The zero-order valence-electron chi connectivity index (χ0n) is 8.07. The first-order valence-corrected chi connectivity index (χ1v) is 4.96. The van der Waals surface area contributed by atoms with Crippen LogP contribution in [-0.2, 0) is 11.2 Å². The number of thiocarbonyl (C=S) groups is 1. The molecule has 1 atom stereocenters. The number of hydrogen-bond donors (Lipinski definition) is 1. The van der Waals surface area contributed by atoms with Crippen molar-refractivity contribution < 1.29 is 4.79 Å². The van der Waals surface area contributed by atoms with E-state index >= 15 is 0 Å². The van der Waals surface area contributed by atoms with Crippen molar-refractivity contribution in [1.29, 1.82) is 0 Å². The molecule has 1 aromatic rings. The van der Waals surface area contributed by atoms with E-state index in [-0.39, 0.29) is 11.9 Å². The van der Waals surface area contributed by atoms with E-state index in [0.29, 0.717) is 0 Å². The van der Waals surface area contributed by atoms with Crippen LogP contribution in [0, 0.1) is 0 Å². The second-order valence-corrected chi connectivity index (χ2v) is 3.40. The van der Waals surface area contributed by atoms with E-state index in [2.05, 4.69) is 5.32 Å². The van der Waals surface area contributed by atoms with Crippen molar-refractivity contribution in [3.05, 3.63) is 35.9 Å². The monoisotopic (exact) mass is 207 g/mol. The standard InChI is InChI=1S/C11H13NOS/c1-9(13)12-11(8-14)7-10-5-3-2-4-6-10/h2-6,8,11H,7H2,1H3,(H,12,13). The molecule has 1 amide bonds. The molecule has 74 valence electrons. The molecular formula is C11H13NOS. The first kappa shape index (κ1) is 10.9. The van der Waals surface area contributed by atoms with Crippen LogP contribution in [0.25, 0.3) is 0 Å². The molecule has 1 unspecified atom stereocenters. The van der Waals surface area contributed by atoms with Crippen molar-refractivity contribution in [1.82, 2.24) is 5.32 Å². The van der Waals surface area contributed by atoms with Crippen molar-refractivity contribution in [3.63, 3.8) is 0 Å². The average Bonchev–Trinajstić information content (AvgIpc) is 2.17. The van der Waals surface area contributed by atoms with Crippen LogP contribution in [0.3, 0.4) is 0 Å². The van der Waals surface area contributed by atoms with Gasteiger partial charge >= 0.3 is 0 Å². The maximum Gasteiger partial charge on any atom is 0.217 e. The lowest BCUT2D eigenvalue weighted by Crippen LogP contribution is -2.35. The molecule has 0 bridgehead atoms. The van der Waals surface area contributed by atoms with Crippen molar-refractivity contribution in [2.75, 3.05) is 0 Å². The molecule has 0 fully saturated rings. The molecule has 1 N–H and O–H groups in total. The Morgan fingerprint density at radius 1 is 1.50 bits per heavy atom. The fourth-order valence-electron chi connectivity index (χ4n) is 1.26. The molecule has 14 heavy (non-hydrogen) atoms. The number of carbonyl (C=O) groups excluding carboxylic acids is 1. The smallest absolute Gasteiger partial charge is 0.217 e. The molecule has 3 heteroatoms. The number of benzene rings is 1. The summed E-state index contributed by atoms with van der Waals surface area (Å²) in [6, 6.07) is 9.91. The summed E-state index contributed by atoms with van der Waals surface area (Å²) in [5.41, 5.74) is 1.17. The molecule has 0 saturated heterocycles. The Bertz CT molecular complexity index is 310. The number of nitrogens with one attached hydrogen (secondary N) is 1. The van der Waals surface area contributed by atoms with Crippen molar-refractivity contribution in [2.24, 2.45) is 0 Å². The second kappa shape index (κ2) is 5.50. The van der Waals surface area contributed by atoms with Crippen molar-refractivity contribution in [2.45, 2.75) is 19.4 Å². The van der Waals surface area contributed by atoms with Gasteiger partial charge in [-0.15, -0.1) is 0 Å². The van der Waals surface area contributed by atoms with Crippen LogP contribution in [0.5, 0.6) is 0 Å². The summed E-state index contributed by atoms with van der Waals surface area (Å²) in [6.45, 7) is 1.50. The van der Waals surface area contributed by atoms with E-state index in [1.54, 1.807) is 5.37 Å². The van der Waals surface area contributed by atoms with E-state index in [1.807, 2.05) is 30.3 Å². The van der Waals surface area contributed by atoms with Gasteiger partial charge in [-0.3, -0.25) is 4.79 Å². The Kier molecular flexibility index (Phi) is 4.26. The lowest BCUT2D eigenvalue weighted by atomic mass is 10.1. The van der Waals surface area contributed by atoms with E-state index in [9.17, 15) is 4.79 Å². The van der Waals surface area contributed by atoms with Crippen molar-refractivity contribution in [3.8, 4) is 0 Å². The number of amides is 1. The van der Waals surface area contributed by atoms with Crippen LogP contribution in [0.4, 0.5) is 0 Å². The maximum absolute atomic E-state index is 10.8. The van der Waals surface area contributed by atoms with E-state index in [1.165, 1.54) is 12.5 Å². The summed E-state index contributed by atoms with van der Waals surface area (Å²) >= 11 is 4.85. The van der Waals surface area contributed by atoms with Gasteiger partial charge in [-0.05, 0) is 12.0 Å². The quantitative estimate of drug-likeness (QED) is 0.762. The third kappa shape index (κ3) is 3.66. The molecule has 2 nitrogen and oxygen atoms in total. The third-order valence-corrected chi connectivity index (χ3v) is 2.18. The molecule has 0 spiro atoms. The molecule has 0 saturated carbocycles. The van der Waals surface area contributed by atoms with Crippen LogP contribution >= 0.6 is 12.2 Å². The molecule has 1 rings (SSSR count). The average molecular weight is 207 g/mol. The van der Waals surface area contributed by atoms with Gasteiger partial charge in [0.1, 0.15) is 0 Å². The molecule has 0 aliphatic heterocycles. The minimum atomic E-state index is -0.0510. The van der Waals surface area contributed by atoms with Gasteiger partial charge < -0.3 is 5.32 Å². The Morgan fingerprint density at radius 2 is 2.14 bits per heavy atom. The van der Waals surface area contributed by atoms with Gasteiger partial charge in [0.05, 0.1) is 6.04 Å². The van der Waals surface area contributed by atoms with E-state index < -0.39 is 0 Å². The Balaban J connectivity index is 2.57. The zero-order chi connectivity index (χ0) is 10.4. The summed E-state index contributed by atoms with van der Waals surface area (Å²) in [5, 5.41) is 4.37. The SMILES string of the molecule is CC(=O)NC(C=S)Cc1ccccc1. The minimum Gasteiger partial charge on any atom is -0.349 e. The number of carbonyl (C=O) groups is 1. The van der Waals surface area contributed by atoms with Gasteiger partial charge in [-0.1, -0.05) is 42.5 Å². The molecule has 0 aliphatic carbocycles. The Labute approximate surface area is 89.3 Å². The zero-order valence-corrected chi connectivity index (χ0v) is 8.88. The first-order chi connectivity index (χ1) is 6.72. The number of rotatable bonds is 4. The topological polar surface area (TPSA) is 29.1 Å². The third-order valence-electron chi connectivity index (χ3n) is 1.85. The summed E-state index contributed by atoms with van der Waals surface area (Å²) in [7, 11) is 0. The molecule has 0 aromatic heterocycles. The highest BCUT2D eigenvalue weighted by Crippen LogP contribution is 2.02. The van der Waals surface area contributed by atoms with Gasteiger partial charge in [0.15, 0.2) is 0 Å². The Hall–Kier alpha value is -1.22. The predicted octanol–water partition coefficient (Wildman–Crippen LogP) is 1.73. The maximum atomic E-state index is 10.8. The molecule has 0 aliphatic rings. The van der Waals surface area contributed by atoms with Gasteiger partial charge in [0.25, 0.3) is 0 Å². The first-order valence-electron chi connectivity index (χ1n) is 4.48. The second-order valence-electron chi connectivity index (χ2n) is 3.13. The normalized spacial score (nSPS) is 11.8. The summed E-state index contributed by atoms with van der Waals surface area (Å²) in [6.07, 6.45) is 0.754. The van der Waals surface area contributed by atoms with Gasteiger partial charge in [-0.25, -0.2) is 0 Å². The van der Waals surface area contributed by atoms with Crippen LogP contribution < -0.4 is 5.32 Å². The largest absolute Gasteiger partial charge is 0.349 e.